The molecule has 3 aromatic rings. The number of hydrogen-bond donors (Lipinski definition) is 3. The first-order valence-electron chi connectivity index (χ1n) is 9.62. The van der Waals surface area contributed by atoms with E-state index in [0.29, 0.717) is 22.9 Å². The second-order valence-electron chi connectivity index (χ2n) is 6.55. The van der Waals surface area contributed by atoms with Crippen LogP contribution in [0.15, 0.2) is 84.9 Å². The average molecular weight is 466 g/mol. The number of hydrazine groups is 1. The highest BCUT2D eigenvalue weighted by Crippen LogP contribution is 2.19. The Balaban J connectivity index is 1.50. The molecule has 6 nitrogen and oxygen atoms in total. The number of ether oxygens (including phenoxy) is 1. The fourth-order valence-corrected chi connectivity index (χ4v) is 2.90. The van der Waals surface area contributed by atoms with Gasteiger partial charge >= 0.3 is 0 Å². The van der Waals surface area contributed by atoms with Gasteiger partial charge in [0.2, 0.25) is 5.91 Å². The van der Waals surface area contributed by atoms with Crippen LogP contribution < -0.4 is 20.9 Å². The summed E-state index contributed by atoms with van der Waals surface area (Å²) in [7, 11) is 0. The fraction of sp³-hybridized carbons (Fsp3) is 0.0417. The molecule has 0 bridgehead atoms. The number of benzene rings is 3. The molecular formula is C24H20ClN3O3S. The van der Waals surface area contributed by atoms with Crippen molar-refractivity contribution < 1.29 is 14.3 Å². The summed E-state index contributed by atoms with van der Waals surface area (Å²) < 4.78 is 5.79. The predicted molar refractivity (Wildman–Crippen MR) is 129 cm³/mol. The van der Waals surface area contributed by atoms with Gasteiger partial charge < -0.3 is 4.74 Å². The van der Waals surface area contributed by atoms with E-state index in [1.54, 1.807) is 54.6 Å². The van der Waals surface area contributed by atoms with Crippen molar-refractivity contribution in [3.63, 3.8) is 0 Å². The van der Waals surface area contributed by atoms with E-state index in [1.807, 2.05) is 30.3 Å². The molecule has 3 N–H and O–H groups in total. The van der Waals surface area contributed by atoms with Gasteiger partial charge in [0.05, 0.1) is 5.56 Å². The second kappa shape index (κ2) is 11.6. The van der Waals surface area contributed by atoms with Crippen LogP contribution in [0.1, 0.15) is 21.5 Å². The Morgan fingerprint density at radius 1 is 0.906 bits per heavy atom. The van der Waals surface area contributed by atoms with Gasteiger partial charge in [-0.15, -0.1) is 0 Å². The molecule has 0 saturated heterocycles. The molecule has 0 aliphatic rings. The summed E-state index contributed by atoms with van der Waals surface area (Å²) >= 11 is 10.9. The van der Waals surface area contributed by atoms with Gasteiger partial charge in [-0.25, -0.2) is 0 Å². The van der Waals surface area contributed by atoms with Crippen LogP contribution in [0, 0.1) is 0 Å². The lowest BCUT2D eigenvalue weighted by molar-refractivity contribution is -0.115. The highest BCUT2D eigenvalue weighted by molar-refractivity contribution is 7.80. The van der Waals surface area contributed by atoms with Gasteiger partial charge in [-0.05, 0) is 53.7 Å². The monoisotopic (exact) mass is 465 g/mol. The molecule has 2 amide bonds. The van der Waals surface area contributed by atoms with Crippen LogP contribution in [-0.2, 0) is 11.4 Å². The van der Waals surface area contributed by atoms with Crippen molar-refractivity contribution in [2.24, 2.45) is 0 Å². The van der Waals surface area contributed by atoms with Crippen LogP contribution in [0.5, 0.6) is 5.75 Å². The van der Waals surface area contributed by atoms with Crippen molar-refractivity contribution in [1.29, 1.82) is 0 Å². The first-order chi connectivity index (χ1) is 15.5. The molecule has 32 heavy (non-hydrogen) atoms. The first kappa shape index (κ1) is 23.0. The summed E-state index contributed by atoms with van der Waals surface area (Å²) in [5.74, 6) is -0.475. The minimum atomic E-state index is -0.457. The van der Waals surface area contributed by atoms with Gasteiger partial charge in [0.1, 0.15) is 12.4 Å². The van der Waals surface area contributed by atoms with Gasteiger partial charge in [-0.1, -0.05) is 66.2 Å². The maximum atomic E-state index is 12.6. The van der Waals surface area contributed by atoms with Gasteiger partial charge in [-0.2, -0.15) is 0 Å². The molecule has 0 atom stereocenters. The van der Waals surface area contributed by atoms with Crippen molar-refractivity contribution >= 4 is 46.8 Å². The number of halogens is 1. The molecule has 0 unspecified atom stereocenters. The number of thiocarbonyl (C=S) groups is 1. The van der Waals surface area contributed by atoms with E-state index < -0.39 is 11.8 Å². The number of rotatable bonds is 6. The molecule has 0 fully saturated rings. The third kappa shape index (κ3) is 7.23. The largest absolute Gasteiger partial charge is 0.488 e. The summed E-state index contributed by atoms with van der Waals surface area (Å²) in [5.41, 5.74) is 7.09. The van der Waals surface area contributed by atoms with Gasteiger partial charge in [0.15, 0.2) is 5.11 Å². The summed E-state index contributed by atoms with van der Waals surface area (Å²) in [6.45, 7) is 0.326. The van der Waals surface area contributed by atoms with E-state index in [1.165, 1.54) is 6.08 Å². The Morgan fingerprint density at radius 3 is 2.34 bits per heavy atom. The summed E-state index contributed by atoms with van der Waals surface area (Å²) in [4.78, 5) is 24.6. The zero-order valence-corrected chi connectivity index (χ0v) is 18.5. The number of carbonyl (C=O) groups excluding carboxylic acids is 2. The summed E-state index contributed by atoms with van der Waals surface area (Å²) in [6, 6.07) is 23.5. The molecule has 0 radical (unpaired) electrons. The molecule has 0 aliphatic carbocycles. The van der Waals surface area contributed by atoms with Crippen LogP contribution >= 0.6 is 23.8 Å². The lowest BCUT2D eigenvalue weighted by Crippen LogP contribution is -2.48. The Hall–Kier alpha value is -3.68. The van der Waals surface area contributed by atoms with E-state index in [4.69, 9.17) is 28.6 Å². The maximum absolute atomic E-state index is 12.6. The van der Waals surface area contributed by atoms with Crippen LogP contribution in [0.25, 0.3) is 6.08 Å². The highest BCUT2D eigenvalue weighted by atomic mass is 35.5. The average Bonchev–Trinajstić information content (AvgIpc) is 2.81. The molecule has 0 aromatic heterocycles. The van der Waals surface area contributed by atoms with Gasteiger partial charge in [-0.3, -0.25) is 25.8 Å². The first-order valence-corrected chi connectivity index (χ1v) is 10.4. The predicted octanol–water partition coefficient (Wildman–Crippen LogP) is 4.27. The van der Waals surface area contributed by atoms with E-state index in [9.17, 15) is 9.59 Å². The Bertz CT molecular complexity index is 1120. The minimum absolute atomic E-state index is 0.0493. The Kier molecular flexibility index (Phi) is 8.36. The zero-order valence-electron chi connectivity index (χ0n) is 16.9. The number of amides is 2. The maximum Gasteiger partial charge on any atom is 0.273 e. The van der Waals surface area contributed by atoms with E-state index in [0.717, 1.165) is 11.1 Å². The summed E-state index contributed by atoms with van der Waals surface area (Å²) in [6.07, 6.45) is 2.94. The van der Waals surface area contributed by atoms with Crippen molar-refractivity contribution in [2.45, 2.75) is 6.61 Å². The van der Waals surface area contributed by atoms with Crippen LogP contribution in [0.3, 0.4) is 0 Å². The third-order valence-corrected chi connectivity index (χ3v) is 4.65. The van der Waals surface area contributed by atoms with Crippen molar-refractivity contribution in [3.8, 4) is 5.75 Å². The third-order valence-electron chi connectivity index (χ3n) is 4.19. The SMILES string of the molecule is O=C(/C=C/c1ccc(Cl)cc1)NC(=S)NNC(=O)c1ccccc1OCc1ccccc1. The molecule has 8 heteroatoms. The highest BCUT2D eigenvalue weighted by Gasteiger charge is 2.13. The van der Waals surface area contributed by atoms with E-state index >= 15 is 0 Å². The summed E-state index contributed by atoms with van der Waals surface area (Å²) in [5, 5.41) is 3.01. The number of hydrogen-bond acceptors (Lipinski definition) is 4. The fourth-order valence-electron chi connectivity index (χ4n) is 2.63. The Morgan fingerprint density at radius 2 is 1.59 bits per heavy atom. The van der Waals surface area contributed by atoms with Gasteiger partial charge in [0.25, 0.3) is 5.91 Å². The minimum Gasteiger partial charge on any atom is -0.488 e. The van der Waals surface area contributed by atoms with E-state index in [-0.39, 0.29) is 5.11 Å². The Labute approximate surface area is 196 Å². The lowest BCUT2D eigenvalue weighted by Gasteiger charge is -2.13. The van der Waals surface area contributed by atoms with Crippen molar-refractivity contribution in [2.75, 3.05) is 0 Å². The van der Waals surface area contributed by atoms with Crippen LogP contribution in [0.2, 0.25) is 5.02 Å². The van der Waals surface area contributed by atoms with Crippen molar-refractivity contribution in [3.05, 3.63) is 107 Å². The topological polar surface area (TPSA) is 79.5 Å². The molecule has 162 valence electrons. The van der Waals surface area contributed by atoms with Crippen molar-refractivity contribution in [1.82, 2.24) is 16.2 Å². The quantitative estimate of drug-likeness (QED) is 0.288. The zero-order chi connectivity index (χ0) is 22.8. The number of carbonyl (C=O) groups is 2. The second-order valence-corrected chi connectivity index (χ2v) is 7.40. The molecule has 3 rings (SSSR count). The number of nitrogens with one attached hydrogen (secondary N) is 3. The molecule has 0 heterocycles. The molecular weight excluding hydrogens is 446 g/mol. The van der Waals surface area contributed by atoms with E-state index in [2.05, 4.69) is 16.2 Å². The van der Waals surface area contributed by atoms with Gasteiger partial charge in [0, 0.05) is 11.1 Å². The molecule has 0 spiro atoms. The standard InChI is InChI=1S/C24H20ClN3O3S/c25-19-13-10-17(11-14-19)12-15-22(29)26-24(32)28-27-23(30)20-8-4-5-9-21(20)31-16-18-6-2-1-3-7-18/h1-15H,16H2,(H,27,30)(H2,26,28,29,32)/b15-12+. The molecule has 0 aliphatic heterocycles. The van der Waals surface area contributed by atoms with Crippen LogP contribution in [-0.4, -0.2) is 16.9 Å². The van der Waals surface area contributed by atoms with Crippen LogP contribution in [0.4, 0.5) is 0 Å². The number of para-hydroxylation sites is 1. The lowest BCUT2D eigenvalue weighted by atomic mass is 10.2. The molecule has 3 aromatic carbocycles. The normalized spacial score (nSPS) is 10.4. The molecule has 0 saturated carbocycles. The smallest absolute Gasteiger partial charge is 0.273 e.